The van der Waals surface area contributed by atoms with E-state index in [1.54, 1.807) is 0 Å². The molecule has 2 aromatic carbocycles. The summed E-state index contributed by atoms with van der Waals surface area (Å²) in [6.07, 6.45) is 0. The highest BCUT2D eigenvalue weighted by Gasteiger charge is 2.14. The fourth-order valence-corrected chi connectivity index (χ4v) is 2.09. The van der Waals surface area contributed by atoms with E-state index in [1.807, 2.05) is 32.0 Å². The minimum atomic E-state index is -0.916. The van der Waals surface area contributed by atoms with Crippen molar-refractivity contribution in [3.8, 4) is 0 Å². The monoisotopic (exact) mass is 317 g/mol. The summed E-state index contributed by atoms with van der Waals surface area (Å²) in [6, 6.07) is 9.03. The lowest BCUT2D eigenvalue weighted by atomic mass is 10.1. The van der Waals surface area contributed by atoms with Crippen LogP contribution in [0, 0.1) is 29.8 Å². The van der Waals surface area contributed by atoms with Gasteiger partial charge < -0.3 is 10.6 Å². The van der Waals surface area contributed by atoms with Gasteiger partial charge in [0.05, 0.1) is 11.5 Å². The molecular weight excluding hydrogens is 301 g/mol. The van der Waals surface area contributed by atoms with Crippen molar-refractivity contribution >= 4 is 23.0 Å². The molecule has 0 atom stereocenters. The Morgan fingerprint density at radius 3 is 2.61 bits per heavy atom. The smallest absolute Gasteiger partial charge is 0.306 e. The first-order valence-electron chi connectivity index (χ1n) is 6.92. The number of carbonyl (C=O) groups excluding carboxylic acids is 1. The third kappa shape index (κ3) is 4.26. The van der Waals surface area contributed by atoms with E-state index in [4.69, 9.17) is 0 Å². The average molecular weight is 317 g/mol. The van der Waals surface area contributed by atoms with Crippen molar-refractivity contribution in [2.24, 2.45) is 0 Å². The molecule has 2 N–H and O–H groups in total. The lowest BCUT2D eigenvalue weighted by Gasteiger charge is -2.10. The molecule has 0 saturated heterocycles. The van der Waals surface area contributed by atoms with Crippen molar-refractivity contribution in [2.45, 2.75) is 13.8 Å². The van der Waals surface area contributed by atoms with Gasteiger partial charge in [-0.3, -0.25) is 14.9 Å². The highest BCUT2D eigenvalue weighted by molar-refractivity contribution is 5.94. The Labute approximate surface area is 132 Å². The first-order chi connectivity index (χ1) is 10.9. The van der Waals surface area contributed by atoms with E-state index < -0.39 is 16.4 Å². The Hall–Kier alpha value is -2.96. The molecule has 2 aromatic rings. The van der Waals surface area contributed by atoms with Gasteiger partial charge in [0.25, 0.3) is 0 Å². The van der Waals surface area contributed by atoms with Gasteiger partial charge in [-0.15, -0.1) is 0 Å². The van der Waals surface area contributed by atoms with Crippen molar-refractivity contribution in [2.75, 3.05) is 17.2 Å². The number of benzene rings is 2. The number of nitro benzene ring substituents is 1. The number of anilines is 2. The number of nitrogens with one attached hydrogen (secondary N) is 2. The number of aryl methyl sites for hydroxylation is 2. The second-order valence-electron chi connectivity index (χ2n) is 5.14. The van der Waals surface area contributed by atoms with Crippen LogP contribution in [0.1, 0.15) is 11.1 Å². The number of nitro groups is 1. The molecule has 0 aliphatic carbocycles. The molecule has 1 amide bonds. The van der Waals surface area contributed by atoms with Gasteiger partial charge in [0, 0.05) is 17.4 Å². The van der Waals surface area contributed by atoms with Crippen LogP contribution >= 0.6 is 0 Å². The zero-order valence-corrected chi connectivity index (χ0v) is 12.7. The SMILES string of the molecule is Cc1ccc(NC(=O)CNc2ccc(F)c([N+](=O)[O-])c2)c(C)c1. The first-order valence-corrected chi connectivity index (χ1v) is 6.92. The van der Waals surface area contributed by atoms with Crippen LogP contribution in [0.4, 0.5) is 21.5 Å². The quantitative estimate of drug-likeness (QED) is 0.654. The van der Waals surface area contributed by atoms with Crippen LogP contribution in [0.25, 0.3) is 0 Å². The maximum Gasteiger partial charge on any atom is 0.306 e. The fraction of sp³-hybridized carbons (Fsp3) is 0.188. The highest BCUT2D eigenvalue weighted by atomic mass is 19.1. The number of amides is 1. The van der Waals surface area contributed by atoms with E-state index in [1.165, 1.54) is 6.07 Å². The Balaban J connectivity index is 1.99. The lowest BCUT2D eigenvalue weighted by molar-refractivity contribution is -0.387. The van der Waals surface area contributed by atoms with Gasteiger partial charge in [-0.2, -0.15) is 4.39 Å². The van der Waals surface area contributed by atoms with Crippen LogP contribution in [0.3, 0.4) is 0 Å². The van der Waals surface area contributed by atoms with Crippen molar-refractivity contribution < 1.29 is 14.1 Å². The molecule has 0 fully saturated rings. The first kappa shape index (κ1) is 16.4. The number of carbonyl (C=O) groups is 1. The van der Waals surface area contributed by atoms with Gasteiger partial charge in [0.2, 0.25) is 11.7 Å². The predicted molar refractivity (Wildman–Crippen MR) is 86.1 cm³/mol. The summed E-state index contributed by atoms with van der Waals surface area (Å²) in [5.41, 5.74) is 2.40. The van der Waals surface area contributed by atoms with E-state index in [9.17, 15) is 19.3 Å². The number of rotatable bonds is 5. The molecule has 0 aromatic heterocycles. The Bertz CT molecular complexity index is 762. The molecule has 2 rings (SSSR count). The molecular formula is C16H16FN3O3. The average Bonchev–Trinajstić information content (AvgIpc) is 2.49. The number of nitrogens with zero attached hydrogens (tertiary/aromatic N) is 1. The summed E-state index contributed by atoms with van der Waals surface area (Å²) >= 11 is 0. The van der Waals surface area contributed by atoms with E-state index in [-0.39, 0.29) is 12.5 Å². The van der Waals surface area contributed by atoms with Crippen LogP contribution in [-0.4, -0.2) is 17.4 Å². The molecule has 0 spiro atoms. The molecule has 120 valence electrons. The second kappa shape index (κ2) is 6.87. The molecule has 0 unspecified atom stereocenters. The molecule has 0 heterocycles. The Kier molecular flexibility index (Phi) is 4.90. The lowest BCUT2D eigenvalue weighted by Crippen LogP contribution is -2.22. The topological polar surface area (TPSA) is 84.3 Å². The third-order valence-corrected chi connectivity index (χ3v) is 3.25. The van der Waals surface area contributed by atoms with Crippen LogP contribution in [0.2, 0.25) is 0 Å². The number of hydrogen-bond donors (Lipinski definition) is 2. The normalized spacial score (nSPS) is 10.2. The highest BCUT2D eigenvalue weighted by Crippen LogP contribution is 2.21. The minimum absolute atomic E-state index is 0.0872. The molecule has 0 aliphatic heterocycles. The zero-order chi connectivity index (χ0) is 17.0. The van der Waals surface area contributed by atoms with Crippen molar-refractivity contribution in [3.05, 3.63) is 63.5 Å². The second-order valence-corrected chi connectivity index (χ2v) is 5.14. The van der Waals surface area contributed by atoms with E-state index in [0.29, 0.717) is 11.4 Å². The third-order valence-electron chi connectivity index (χ3n) is 3.25. The molecule has 0 radical (unpaired) electrons. The van der Waals surface area contributed by atoms with Gasteiger partial charge in [-0.1, -0.05) is 17.7 Å². The van der Waals surface area contributed by atoms with Crippen LogP contribution < -0.4 is 10.6 Å². The summed E-state index contributed by atoms with van der Waals surface area (Å²) in [7, 11) is 0. The summed E-state index contributed by atoms with van der Waals surface area (Å²) in [5.74, 6) is -1.22. The molecule has 7 heteroatoms. The number of halogens is 1. The van der Waals surface area contributed by atoms with E-state index >= 15 is 0 Å². The molecule has 0 saturated carbocycles. The fourth-order valence-electron chi connectivity index (χ4n) is 2.09. The summed E-state index contributed by atoms with van der Waals surface area (Å²) < 4.78 is 13.2. The Morgan fingerprint density at radius 1 is 1.22 bits per heavy atom. The van der Waals surface area contributed by atoms with E-state index in [0.717, 1.165) is 23.3 Å². The Morgan fingerprint density at radius 2 is 1.96 bits per heavy atom. The van der Waals surface area contributed by atoms with Gasteiger partial charge in [0.1, 0.15) is 0 Å². The number of hydrogen-bond acceptors (Lipinski definition) is 4. The van der Waals surface area contributed by atoms with Crippen LogP contribution in [0.5, 0.6) is 0 Å². The van der Waals surface area contributed by atoms with Gasteiger partial charge in [0.15, 0.2) is 0 Å². The van der Waals surface area contributed by atoms with Crippen LogP contribution in [0.15, 0.2) is 36.4 Å². The van der Waals surface area contributed by atoms with Gasteiger partial charge >= 0.3 is 5.69 Å². The summed E-state index contributed by atoms with van der Waals surface area (Å²) in [5, 5.41) is 16.2. The zero-order valence-electron chi connectivity index (χ0n) is 12.7. The minimum Gasteiger partial charge on any atom is -0.376 e. The standard InChI is InChI=1S/C16H16FN3O3/c1-10-3-6-14(11(2)7-10)19-16(21)9-18-12-4-5-13(17)15(8-12)20(22)23/h3-8,18H,9H2,1-2H3,(H,19,21). The molecule has 23 heavy (non-hydrogen) atoms. The van der Waals surface area contributed by atoms with Crippen LogP contribution in [-0.2, 0) is 4.79 Å². The van der Waals surface area contributed by atoms with Crippen molar-refractivity contribution in [1.82, 2.24) is 0 Å². The summed E-state index contributed by atoms with van der Waals surface area (Å²) in [4.78, 5) is 21.8. The van der Waals surface area contributed by atoms with Gasteiger partial charge in [-0.25, -0.2) is 0 Å². The maximum atomic E-state index is 13.2. The molecule has 0 aliphatic rings. The van der Waals surface area contributed by atoms with Crippen molar-refractivity contribution in [1.29, 1.82) is 0 Å². The maximum absolute atomic E-state index is 13.2. The van der Waals surface area contributed by atoms with Crippen molar-refractivity contribution in [3.63, 3.8) is 0 Å². The predicted octanol–water partition coefficient (Wildman–Crippen LogP) is 3.40. The molecule has 6 nitrogen and oxygen atoms in total. The van der Waals surface area contributed by atoms with E-state index in [2.05, 4.69) is 10.6 Å². The van der Waals surface area contributed by atoms with Gasteiger partial charge in [-0.05, 0) is 37.6 Å². The summed E-state index contributed by atoms with van der Waals surface area (Å²) in [6.45, 7) is 3.76. The largest absolute Gasteiger partial charge is 0.376 e. The molecule has 0 bridgehead atoms.